The van der Waals surface area contributed by atoms with Crippen LogP contribution in [0.1, 0.15) is 11.3 Å². The van der Waals surface area contributed by atoms with Gasteiger partial charge in [0.05, 0.1) is 11.3 Å². The Kier molecular flexibility index (Phi) is 4.48. The van der Waals surface area contributed by atoms with Gasteiger partial charge in [-0.1, -0.05) is 24.3 Å². The van der Waals surface area contributed by atoms with Crippen molar-refractivity contribution in [2.45, 2.75) is 12.8 Å². The highest BCUT2D eigenvalue weighted by atomic mass is 19.4. The molecular weight excluding hydrogens is 341 g/mol. The van der Waals surface area contributed by atoms with Gasteiger partial charge in [-0.05, 0) is 30.3 Å². The van der Waals surface area contributed by atoms with Crippen LogP contribution in [-0.4, -0.2) is 4.57 Å². The van der Waals surface area contributed by atoms with Gasteiger partial charge in [-0.15, -0.1) is 0 Å². The van der Waals surface area contributed by atoms with Gasteiger partial charge in [-0.25, -0.2) is 8.78 Å². The molecule has 0 saturated carbocycles. The van der Waals surface area contributed by atoms with Crippen LogP contribution in [0.4, 0.5) is 22.0 Å². The summed E-state index contributed by atoms with van der Waals surface area (Å²) in [5.41, 5.74) is -0.694. The monoisotopic (exact) mass is 353 g/mol. The van der Waals surface area contributed by atoms with Gasteiger partial charge in [0.25, 0.3) is 0 Å². The minimum atomic E-state index is -4.62. The smallest absolute Gasteiger partial charge is 0.418 e. The van der Waals surface area contributed by atoms with Crippen LogP contribution in [0.15, 0.2) is 60.8 Å². The lowest BCUT2D eigenvalue weighted by molar-refractivity contribution is -0.138. The Morgan fingerprint density at radius 3 is 2.08 bits per heavy atom. The molecule has 0 aliphatic heterocycles. The molecule has 0 radical (unpaired) electrons. The van der Waals surface area contributed by atoms with Crippen LogP contribution in [-0.2, 0) is 12.8 Å². The highest BCUT2D eigenvalue weighted by Crippen LogP contribution is 2.34. The molecule has 25 heavy (non-hydrogen) atoms. The molecule has 0 fully saturated rings. The van der Waals surface area contributed by atoms with E-state index in [4.69, 9.17) is 4.74 Å². The standard InChI is InChI=1S/C18H12F5NO/c19-14-7-4-8-15(20)17(14)25-11-16-13(18(21,22)23)9-10-24(16)12-5-2-1-3-6-12/h1-10H,11H2. The maximum Gasteiger partial charge on any atom is 0.418 e. The van der Waals surface area contributed by atoms with Gasteiger partial charge in [0.2, 0.25) is 0 Å². The minimum Gasteiger partial charge on any atom is -0.481 e. The van der Waals surface area contributed by atoms with E-state index >= 15 is 0 Å². The van der Waals surface area contributed by atoms with E-state index in [0.717, 1.165) is 24.3 Å². The molecule has 0 spiro atoms. The van der Waals surface area contributed by atoms with Crippen molar-refractivity contribution in [1.29, 1.82) is 0 Å². The van der Waals surface area contributed by atoms with Gasteiger partial charge in [-0.2, -0.15) is 13.2 Å². The molecule has 0 aliphatic carbocycles. The van der Waals surface area contributed by atoms with Crippen LogP contribution >= 0.6 is 0 Å². The van der Waals surface area contributed by atoms with Gasteiger partial charge in [0.15, 0.2) is 17.4 Å². The molecule has 3 rings (SSSR count). The van der Waals surface area contributed by atoms with Crippen LogP contribution in [0.3, 0.4) is 0 Å². The Balaban J connectivity index is 2.00. The maximum atomic E-state index is 13.6. The molecule has 2 nitrogen and oxygen atoms in total. The van der Waals surface area contributed by atoms with Gasteiger partial charge in [0.1, 0.15) is 6.61 Å². The van der Waals surface area contributed by atoms with E-state index in [2.05, 4.69) is 0 Å². The van der Waals surface area contributed by atoms with E-state index in [9.17, 15) is 22.0 Å². The van der Waals surface area contributed by atoms with Crippen molar-refractivity contribution in [2.75, 3.05) is 0 Å². The summed E-state index contributed by atoms with van der Waals surface area (Å²) in [7, 11) is 0. The Morgan fingerprint density at radius 1 is 0.840 bits per heavy atom. The van der Waals surface area contributed by atoms with Crippen molar-refractivity contribution < 1.29 is 26.7 Å². The van der Waals surface area contributed by atoms with Crippen LogP contribution < -0.4 is 4.74 Å². The lowest BCUT2D eigenvalue weighted by atomic mass is 10.2. The summed E-state index contributed by atoms with van der Waals surface area (Å²) in [5, 5.41) is 0. The van der Waals surface area contributed by atoms with Gasteiger partial charge in [-0.3, -0.25) is 0 Å². The van der Waals surface area contributed by atoms with E-state index in [0.29, 0.717) is 5.69 Å². The summed E-state index contributed by atoms with van der Waals surface area (Å²) in [6.07, 6.45) is -3.37. The molecule has 0 aliphatic rings. The molecule has 0 unspecified atom stereocenters. The molecule has 0 saturated heterocycles. The number of aromatic nitrogens is 1. The van der Waals surface area contributed by atoms with E-state index in [-0.39, 0.29) is 5.69 Å². The first kappa shape index (κ1) is 17.0. The number of halogens is 5. The summed E-state index contributed by atoms with van der Waals surface area (Å²) < 4.78 is 73.3. The molecule has 7 heteroatoms. The number of para-hydroxylation sites is 2. The van der Waals surface area contributed by atoms with E-state index < -0.39 is 35.7 Å². The number of hydrogen-bond donors (Lipinski definition) is 0. The highest BCUT2D eigenvalue weighted by molar-refractivity contribution is 5.39. The largest absolute Gasteiger partial charge is 0.481 e. The first-order chi connectivity index (χ1) is 11.9. The second kappa shape index (κ2) is 6.58. The SMILES string of the molecule is Fc1cccc(F)c1OCc1c(C(F)(F)F)ccn1-c1ccccc1. The molecule has 130 valence electrons. The predicted octanol–water partition coefficient (Wildman–Crippen LogP) is 5.35. The van der Waals surface area contributed by atoms with E-state index in [1.807, 2.05) is 0 Å². The average Bonchev–Trinajstić information content (AvgIpc) is 2.99. The first-order valence-electron chi connectivity index (χ1n) is 7.27. The molecule has 0 atom stereocenters. The Morgan fingerprint density at radius 2 is 1.48 bits per heavy atom. The van der Waals surface area contributed by atoms with Crippen LogP contribution in [0.25, 0.3) is 5.69 Å². The number of ether oxygens (including phenoxy) is 1. The summed E-state index contributed by atoms with van der Waals surface area (Å²) in [6, 6.07) is 12.3. The van der Waals surface area contributed by atoms with E-state index in [1.165, 1.54) is 10.8 Å². The quantitative estimate of drug-likeness (QED) is 0.577. The first-order valence-corrected chi connectivity index (χ1v) is 7.27. The molecular formula is C18H12F5NO. The number of alkyl halides is 3. The summed E-state index contributed by atoms with van der Waals surface area (Å²) in [5.74, 6) is -2.67. The predicted molar refractivity (Wildman–Crippen MR) is 81.5 cm³/mol. The molecule has 0 N–H and O–H groups in total. The van der Waals surface area contributed by atoms with Crippen molar-refractivity contribution in [3.8, 4) is 11.4 Å². The molecule has 1 heterocycles. The lowest BCUT2D eigenvalue weighted by Crippen LogP contribution is -2.13. The highest BCUT2D eigenvalue weighted by Gasteiger charge is 2.35. The van der Waals surface area contributed by atoms with Crippen molar-refractivity contribution in [3.05, 3.63) is 83.7 Å². The Bertz CT molecular complexity index is 851. The third-order valence-corrected chi connectivity index (χ3v) is 3.60. The zero-order chi connectivity index (χ0) is 18.0. The summed E-state index contributed by atoms with van der Waals surface area (Å²) in [6.45, 7) is -0.644. The number of rotatable bonds is 4. The van der Waals surface area contributed by atoms with Gasteiger partial charge in [0, 0.05) is 11.9 Å². The van der Waals surface area contributed by atoms with Crippen LogP contribution in [0, 0.1) is 11.6 Å². The third-order valence-electron chi connectivity index (χ3n) is 3.60. The molecule has 3 aromatic rings. The van der Waals surface area contributed by atoms with Crippen molar-refractivity contribution >= 4 is 0 Å². The fourth-order valence-corrected chi connectivity index (χ4v) is 2.46. The molecule has 2 aromatic carbocycles. The lowest BCUT2D eigenvalue weighted by Gasteiger charge is -2.15. The fourth-order valence-electron chi connectivity index (χ4n) is 2.46. The Labute approximate surface area is 140 Å². The van der Waals surface area contributed by atoms with E-state index in [1.54, 1.807) is 30.3 Å². The normalized spacial score (nSPS) is 11.6. The summed E-state index contributed by atoms with van der Waals surface area (Å²) >= 11 is 0. The van der Waals surface area contributed by atoms with Crippen molar-refractivity contribution in [3.63, 3.8) is 0 Å². The number of hydrogen-bond acceptors (Lipinski definition) is 1. The second-order valence-electron chi connectivity index (χ2n) is 5.22. The van der Waals surface area contributed by atoms with Crippen molar-refractivity contribution in [1.82, 2.24) is 4.57 Å². The van der Waals surface area contributed by atoms with Gasteiger partial charge >= 0.3 is 6.18 Å². The molecule has 0 bridgehead atoms. The maximum absolute atomic E-state index is 13.6. The zero-order valence-corrected chi connectivity index (χ0v) is 12.7. The van der Waals surface area contributed by atoms with Crippen LogP contribution in [0.5, 0.6) is 5.75 Å². The van der Waals surface area contributed by atoms with Gasteiger partial charge < -0.3 is 9.30 Å². The number of benzene rings is 2. The molecule has 0 amide bonds. The van der Waals surface area contributed by atoms with Crippen molar-refractivity contribution in [2.24, 2.45) is 0 Å². The summed E-state index contributed by atoms with van der Waals surface area (Å²) in [4.78, 5) is 0. The minimum absolute atomic E-state index is 0.249. The zero-order valence-electron chi connectivity index (χ0n) is 12.7. The Hall–Kier alpha value is -2.83. The average molecular weight is 353 g/mol. The third kappa shape index (κ3) is 3.50. The number of nitrogens with zero attached hydrogens (tertiary/aromatic N) is 1. The second-order valence-corrected chi connectivity index (χ2v) is 5.22. The van der Waals surface area contributed by atoms with Crippen LogP contribution in [0.2, 0.25) is 0 Å². The topological polar surface area (TPSA) is 14.2 Å². The fraction of sp³-hybridized carbons (Fsp3) is 0.111. The molecule has 1 aromatic heterocycles.